The average molecular weight is 355 g/mol. The first-order valence-corrected chi connectivity index (χ1v) is 9.84. The number of hydrogen-bond acceptors (Lipinski definition) is 5. The van der Waals surface area contributed by atoms with E-state index in [0.29, 0.717) is 41.9 Å². The highest BCUT2D eigenvalue weighted by atomic mass is 32.2. The third-order valence-electron chi connectivity index (χ3n) is 3.07. The molecule has 0 atom stereocenters. The summed E-state index contributed by atoms with van der Waals surface area (Å²) >= 11 is 1.21. The fourth-order valence-corrected chi connectivity index (χ4v) is 4.14. The van der Waals surface area contributed by atoms with Crippen molar-refractivity contribution in [2.45, 2.75) is 24.5 Å². The molecule has 0 amide bonds. The highest BCUT2D eigenvalue weighted by Crippen LogP contribution is 2.28. The Morgan fingerprint density at radius 1 is 1.09 bits per heavy atom. The van der Waals surface area contributed by atoms with Gasteiger partial charge in [0, 0.05) is 6.54 Å². The second kappa shape index (κ2) is 8.33. The summed E-state index contributed by atoms with van der Waals surface area (Å²) in [6, 6.07) is 9.00. The van der Waals surface area contributed by atoms with Gasteiger partial charge >= 0.3 is 0 Å². The Hall–Kier alpha value is -1.57. The summed E-state index contributed by atoms with van der Waals surface area (Å²) in [6.07, 6.45) is 0.580. The molecule has 2 aromatic rings. The van der Waals surface area contributed by atoms with E-state index >= 15 is 0 Å². The van der Waals surface area contributed by atoms with Crippen molar-refractivity contribution in [1.82, 2.24) is 4.72 Å². The van der Waals surface area contributed by atoms with E-state index in [0.717, 1.165) is 5.56 Å². The number of nitrogens with one attached hydrogen (secondary N) is 1. The molecule has 0 spiro atoms. The largest absolute Gasteiger partial charge is 0.490 e. The van der Waals surface area contributed by atoms with Crippen LogP contribution >= 0.6 is 11.3 Å². The normalized spacial score (nSPS) is 11.4. The van der Waals surface area contributed by atoms with E-state index in [1.807, 2.05) is 32.0 Å². The molecule has 0 aliphatic carbocycles. The van der Waals surface area contributed by atoms with E-state index in [9.17, 15) is 8.42 Å². The smallest absolute Gasteiger partial charge is 0.250 e. The number of sulfonamides is 1. The summed E-state index contributed by atoms with van der Waals surface area (Å²) in [5.41, 5.74) is 0.991. The maximum absolute atomic E-state index is 12.0. The van der Waals surface area contributed by atoms with Gasteiger partial charge in [-0.3, -0.25) is 0 Å². The molecule has 0 saturated heterocycles. The minimum atomic E-state index is -3.41. The quantitative estimate of drug-likeness (QED) is 0.751. The predicted molar refractivity (Wildman–Crippen MR) is 92.0 cm³/mol. The lowest BCUT2D eigenvalue weighted by Crippen LogP contribution is -2.25. The van der Waals surface area contributed by atoms with Crippen molar-refractivity contribution < 1.29 is 17.9 Å². The van der Waals surface area contributed by atoms with E-state index in [2.05, 4.69) is 4.72 Å². The van der Waals surface area contributed by atoms with Crippen LogP contribution in [0.15, 0.2) is 39.9 Å². The summed E-state index contributed by atoms with van der Waals surface area (Å²) in [5, 5.41) is 1.75. The van der Waals surface area contributed by atoms with E-state index in [1.54, 1.807) is 17.5 Å². The lowest BCUT2D eigenvalue weighted by molar-refractivity contribution is 0.287. The number of benzene rings is 1. The van der Waals surface area contributed by atoms with Crippen molar-refractivity contribution in [1.29, 1.82) is 0 Å². The molecule has 0 fully saturated rings. The van der Waals surface area contributed by atoms with Gasteiger partial charge in [-0.2, -0.15) is 0 Å². The van der Waals surface area contributed by atoms with Gasteiger partial charge in [-0.1, -0.05) is 12.1 Å². The summed E-state index contributed by atoms with van der Waals surface area (Å²) in [6.45, 7) is 5.29. The highest BCUT2D eigenvalue weighted by Gasteiger charge is 2.14. The van der Waals surface area contributed by atoms with Gasteiger partial charge in [0.05, 0.1) is 13.2 Å². The van der Waals surface area contributed by atoms with Crippen molar-refractivity contribution in [2.75, 3.05) is 19.8 Å². The molecule has 23 heavy (non-hydrogen) atoms. The van der Waals surface area contributed by atoms with Gasteiger partial charge in [-0.15, -0.1) is 11.3 Å². The lowest BCUT2D eigenvalue weighted by Gasteiger charge is -2.12. The molecule has 1 aromatic heterocycles. The van der Waals surface area contributed by atoms with Crippen LogP contribution in [-0.2, 0) is 16.4 Å². The van der Waals surface area contributed by atoms with Crippen molar-refractivity contribution in [3.63, 3.8) is 0 Å². The molecule has 0 unspecified atom stereocenters. The molecule has 0 saturated carbocycles. The summed E-state index contributed by atoms with van der Waals surface area (Å²) in [4.78, 5) is 0. The molecule has 1 heterocycles. The van der Waals surface area contributed by atoms with Gasteiger partial charge in [-0.25, -0.2) is 13.1 Å². The van der Waals surface area contributed by atoms with Crippen LogP contribution in [0, 0.1) is 0 Å². The molecular weight excluding hydrogens is 334 g/mol. The highest BCUT2D eigenvalue weighted by molar-refractivity contribution is 7.91. The van der Waals surface area contributed by atoms with Gasteiger partial charge in [0.1, 0.15) is 4.21 Å². The fourth-order valence-electron chi connectivity index (χ4n) is 2.07. The van der Waals surface area contributed by atoms with Crippen molar-refractivity contribution in [3.8, 4) is 11.5 Å². The minimum absolute atomic E-state index is 0.333. The molecule has 0 radical (unpaired) electrons. The second-order valence-electron chi connectivity index (χ2n) is 4.73. The maximum atomic E-state index is 12.0. The maximum Gasteiger partial charge on any atom is 0.250 e. The topological polar surface area (TPSA) is 64.6 Å². The summed E-state index contributed by atoms with van der Waals surface area (Å²) in [7, 11) is -3.41. The zero-order valence-electron chi connectivity index (χ0n) is 13.2. The van der Waals surface area contributed by atoms with E-state index in [-0.39, 0.29) is 0 Å². The number of rotatable bonds is 9. The van der Waals surface area contributed by atoms with E-state index in [1.165, 1.54) is 11.3 Å². The molecule has 2 rings (SSSR count). The molecule has 1 aromatic carbocycles. The Labute approximate surface area is 141 Å². The first-order chi connectivity index (χ1) is 11.1. The van der Waals surface area contributed by atoms with Gasteiger partial charge in [0.2, 0.25) is 10.0 Å². The van der Waals surface area contributed by atoms with E-state index in [4.69, 9.17) is 9.47 Å². The van der Waals surface area contributed by atoms with Crippen LogP contribution in [0.2, 0.25) is 0 Å². The monoisotopic (exact) mass is 355 g/mol. The third kappa shape index (κ3) is 4.95. The Balaban J connectivity index is 1.99. The Kier molecular flexibility index (Phi) is 6.44. The SMILES string of the molecule is CCOc1ccc(CCNS(=O)(=O)c2cccs2)cc1OCC. The van der Waals surface area contributed by atoms with Gasteiger partial charge in [0.25, 0.3) is 0 Å². The first-order valence-electron chi connectivity index (χ1n) is 7.48. The zero-order valence-corrected chi connectivity index (χ0v) is 14.9. The van der Waals surface area contributed by atoms with Crippen LogP contribution in [0.3, 0.4) is 0 Å². The van der Waals surface area contributed by atoms with Crippen LogP contribution in [-0.4, -0.2) is 28.2 Å². The molecule has 1 N–H and O–H groups in total. The van der Waals surface area contributed by atoms with Gasteiger partial charge < -0.3 is 9.47 Å². The van der Waals surface area contributed by atoms with Crippen LogP contribution in [0.5, 0.6) is 11.5 Å². The Morgan fingerprint density at radius 2 is 1.83 bits per heavy atom. The van der Waals surface area contributed by atoms with Crippen LogP contribution in [0.4, 0.5) is 0 Å². The standard InChI is InChI=1S/C16H21NO4S2/c1-3-20-14-8-7-13(12-15(14)21-4-2)9-10-17-23(18,19)16-6-5-11-22-16/h5-8,11-12,17H,3-4,9-10H2,1-2H3. The van der Waals surface area contributed by atoms with Crippen LogP contribution < -0.4 is 14.2 Å². The molecular formula is C16H21NO4S2. The number of thiophene rings is 1. The minimum Gasteiger partial charge on any atom is -0.490 e. The average Bonchev–Trinajstić information content (AvgIpc) is 3.05. The molecule has 7 heteroatoms. The first kappa shape index (κ1) is 17.8. The number of ether oxygens (including phenoxy) is 2. The van der Waals surface area contributed by atoms with Crippen molar-refractivity contribution >= 4 is 21.4 Å². The fraction of sp³-hybridized carbons (Fsp3) is 0.375. The van der Waals surface area contributed by atoms with Crippen molar-refractivity contribution in [3.05, 3.63) is 41.3 Å². The van der Waals surface area contributed by atoms with Gasteiger partial charge in [-0.05, 0) is 49.4 Å². The Bertz CT molecular complexity index is 712. The molecule has 5 nitrogen and oxygen atoms in total. The number of hydrogen-bond donors (Lipinski definition) is 1. The Morgan fingerprint density at radius 3 is 2.48 bits per heavy atom. The second-order valence-corrected chi connectivity index (χ2v) is 7.67. The zero-order chi connectivity index (χ0) is 16.7. The van der Waals surface area contributed by atoms with Crippen molar-refractivity contribution in [2.24, 2.45) is 0 Å². The van der Waals surface area contributed by atoms with Crippen LogP contribution in [0.1, 0.15) is 19.4 Å². The predicted octanol–water partition coefficient (Wildman–Crippen LogP) is 3.07. The summed E-state index contributed by atoms with van der Waals surface area (Å²) in [5.74, 6) is 1.39. The van der Waals surface area contributed by atoms with E-state index < -0.39 is 10.0 Å². The molecule has 126 valence electrons. The third-order valence-corrected chi connectivity index (χ3v) is 5.93. The molecule has 0 aliphatic rings. The van der Waals surface area contributed by atoms with Crippen LogP contribution in [0.25, 0.3) is 0 Å². The molecule has 0 aliphatic heterocycles. The molecule has 0 bridgehead atoms. The summed E-state index contributed by atoms with van der Waals surface area (Å²) < 4.78 is 38.1. The lowest BCUT2D eigenvalue weighted by atomic mass is 10.1. The van der Waals surface area contributed by atoms with Gasteiger partial charge in [0.15, 0.2) is 11.5 Å².